The van der Waals surface area contributed by atoms with Gasteiger partial charge in [0.25, 0.3) is 0 Å². The lowest BCUT2D eigenvalue weighted by Crippen LogP contribution is -2.52. The van der Waals surface area contributed by atoms with Crippen molar-refractivity contribution < 1.29 is 14.3 Å². The lowest BCUT2D eigenvalue weighted by atomic mass is 9.95. The highest BCUT2D eigenvalue weighted by molar-refractivity contribution is 5.80. The third-order valence-electron chi connectivity index (χ3n) is 4.99. The fourth-order valence-electron chi connectivity index (χ4n) is 3.42. The number of aromatic nitrogens is 2. The fourth-order valence-corrected chi connectivity index (χ4v) is 3.42. The molecule has 2 aliphatic rings. The standard InChI is InChI=1S/C17H25N5O3/c1-13(23)20-7-4-14(5-8-20)16(24)21-9-11-22(12-10-21)17-18-6-3-15(19-17)25-2/h3,6,14H,4-5,7-12H2,1-2H3. The van der Waals surface area contributed by atoms with E-state index < -0.39 is 0 Å². The number of piperazine rings is 1. The summed E-state index contributed by atoms with van der Waals surface area (Å²) in [5, 5.41) is 0. The molecule has 8 heteroatoms. The molecule has 0 spiro atoms. The molecule has 2 fully saturated rings. The lowest BCUT2D eigenvalue weighted by molar-refractivity contribution is -0.140. The minimum absolute atomic E-state index is 0.0372. The van der Waals surface area contributed by atoms with E-state index in [9.17, 15) is 9.59 Å². The Kier molecular flexibility index (Phi) is 5.35. The molecular formula is C17H25N5O3. The summed E-state index contributed by atoms with van der Waals surface area (Å²) in [6, 6.07) is 1.72. The van der Waals surface area contributed by atoms with Crippen molar-refractivity contribution in [3.8, 4) is 5.88 Å². The van der Waals surface area contributed by atoms with Crippen LogP contribution in [0.4, 0.5) is 5.95 Å². The molecule has 136 valence electrons. The number of rotatable bonds is 3. The van der Waals surface area contributed by atoms with Gasteiger partial charge in [0.2, 0.25) is 23.6 Å². The van der Waals surface area contributed by atoms with Gasteiger partial charge in [0.05, 0.1) is 7.11 Å². The third-order valence-corrected chi connectivity index (χ3v) is 4.99. The van der Waals surface area contributed by atoms with E-state index in [-0.39, 0.29) is 17.7 Å². The second-order valence-corrected chi connectivity index (χ2v) is 6.49. The average Bonchev–Trinajstić information content (AvgIpc) is 2.67. The second-order valence-electron chi connectivity index (χ2n) is 6.49. The Labute approximate surface area is 147 Å². The Morgan fingerprint density at radius 1 is 1.08 bits per heavy atom. The van der Waals surface area contributed by atoms with Crippen molar-refractivity contribution in [3.63, 3.8) is 0 Å². The highest BCUT2D eigenvalue weighted by Gasteiger charge is 2.31. The van der Waals surface area contributed by atoms with E-state index in [0.29, 0.717) is 51.1 Å². The van der Waals surface area contributed by atoms with E-state index in [1.807, 2.05) is 9.80 Å². The van der Waals surface area contributed by atoms with Gasteiger partial charge in [-0.15, -0.1) is 0 Å². The van der Waals surface area contributed by atoms with E-state index >= 15 is 0 Å². The molecule has 0 saturated carbocycles. The molecule has 3 heterocycles. The van der Waals surface area contributed by atoms with Gasteiger partial charge < -0.3 is 19.4 Å². The maximum absolute atomic E-state index is 12.7. The molecule has 1 aromatic rings. The maximum atomic E-state index is 12.7. The number of ether oxygens (including phenoxy) is 1. The van der Waals surface area contributed by atoms with Gasteiger partial charge in [0, 0.05) is 64.4 Å². The Morgan fingerprint density at radius 2 is 1.76 bits per heavy atom. The summed E-state index contributed by atoms with van der Waals surface area (Å²) in [6.45, 7) is 5.73. The molecule has 2 saturated heterocycles. The van der Waals surface area contributed by atoms with Crippen LogP contribution in [-0.4, -0.2) is 78.0 Å². The number of carbonyl (C=O) groups excluding carboxylic acids is 2. The molecule has 0 aromatic carbocycles. The zero-order valence-electron chi connectivity index (χ0n) is 14.8. The largest absolute Gasteiger partial charge is 0.481 e. The van der Waals surface area contributed by atoms with Crippen molar-refractivity contribution in [3.05, 3.63) is 12.3 Å². The zero-order chi connectivity index (χ0) is 17.8. The van der Waals surface area contributed by atoms with Crippen LogP contribution in [-0.2, 0) is 9.59 Å². The molecule has 0 N–H and O–H groups in total. The molecular weight excluding hydrogens is 322 g/mol. The quantitative estimate of drug-likeness (QED) is 0.787. The van der Waals surface area contributed by atoms with Gasteiger partial charge in [-0.05, 0) is 12.8 Å². The van der Waals surface area contributed by atoms with Crippen LogP contribution in [0.5, 0.6) is 5.88 Å². The lowest BCUT2D eigenvalue weighted by Gasteiger charge is -2.38. The number of likely N-dealkylation sites (tertiary alicyclic amines) is 1. The van der Waals surface area contributed by atoms with E-state index in [1.165, 1.54) is 0 Å². The van der Waals surface area contributed by atoms with E-state index in [0.717, 1.165) is 12.8 Å². The van der Waals surface area contributed by atoms with Gasteiger partial charge >= 0.3 is 0 Å². The number of piperidine rings is 1. The smallest absolute Gasteiger partial charge is 0.228 e. The molecule has 1 aromatic heterocycles. The molecule has 2 amide bonds. The predicted molar refractivity (Wildman–Crippen MR) is 92.4 cm³/mol. The normalized spacial score (nSPS) is 19.0. The van der Waals surface area contributed by atoms with Crippen molar-refractivity contribution in [2.75, 3.05) is 51.3 Å². The van der Waals surface area contributed by atoms with Crippen LogP contribution < -0.4 is 9.64 Å². The van der Waals surface area contributed by atoms with E-state index in [1.54, 1.807) is 26.3 Å². The van der Waals surface area contributed by atoms with Gasteiger partial charge in [-0.2, -0.15) is 4.98 Å². The molecule has 0 atom stereocenters. The van der Waals surface area contributed by atoms with Gasteiger partial charge in [-0.25, -0.2) is 4.98 Å². The third kappa shape index (κ3) is 4.00. The highest BCUT2D eigenvalue weighted by atomic mass is 16.5. The summed E-state index contributed by atoms with van der Waals surface area (Å²) >= 11 is 0. The zero-order valence-corrected chi connectivity index (χ0v) is 14.8. The maximum Gasteiger partial charge on any atom is 0.228 e. The van der Waals surface area contributed by atoms with Crippen molar-refractivity contribution in [1.29, 1.82) is 0 Å². The number of methoxy groups -OCH3 is 1. The Balaban J connectivity index is 1.52. The molecule has 3 rings (SSSR count). The Hall–Kier alpha value is -2.38. The first kappa shape index (κ1) is 17.4. The fraction of sp³-hybridized carbons (Fsp3) is 0.647. The topological polar surface area (TPSA) is 78.9 Å². The minimum Gasteiger partial charge on any atom is -0.481 e. The van der Waals surface area contributed by atoms with Crippen LogP contribution >= 0.6 is 0 Å². The number of anilines is 1. The van der Waals surface area contributed by atoms with Crippen molar-refractivity contribution in [2.24, 2.45) is 5.92 Å². The minimum atomic E-state index is 0.0372. The molecule has 8 nitrogen and oxygen atoms in total. The van der Waals surface area contributed by atoms with Crippen LogP contribution in [0.3, 0.4) is 0 Å². The van der Waals surface area contributed by atoms with Gasteiger partial charge in [0.1, 0.15) is 0 Å². The average molecular weight is 347 g/mol. The van der Waals surface area contributed by atoms with Gasteiger partial charge in [0.15, 0.2) is 0 Å². The number of hydrogen-bond donors (Lipinski definition) is 0. The molecule has 0 unspecified atom stereocenters. The number of nitrogens with zero attached hydrogens (tertiary/aromatic N) is 5. The van der Waals surface area contributed by atoms with Crippen molar-refractivity contribution >= 4 is 17.8 Å². The van der Waals surface area contributed by atoms with Crippen LogP contribution in [0, 0.1) is 5.92 Å². The number of amides is 2. The Bertz CT molecular complexity index is 622. The first-order valence-electron chi connectivity index (χ1n) is 8.75. The summed E-state index contributed by atoms with van der Waals surface area (Å²) in [6.07, 6.45) is 3.21. The van der Waals surface area contributed by atoms with Crippen LogP contribution in [0.25, 0.3) is 0 Å². The Morgan fingerprint density at radius 3 is 2.36 bits per heavy atom. The number of hydrogen-bond acceptors (Lipinski definition) is 6. The molecule has 25 heavy (non-hydrogen) atoms. The summed E-state index contributed by atoms with van der Waals surface area (Å²) < 4.78 is 5.14. The van der Waals surface area contributed by atoms with E-state index in [4.69, 9.17) is 4.74 Å². The predicted octanol–water partition coefficient (Wildman–Crippen LogP) is 0.392. The van der Waals surface area contributed by atoms with Crippen LogP contribution in [0.15, 0.2) is 12.3 Å². The molecule has 0 radical (unpaired) electrons. The van der Waals surface area contributed by atoms with Crippen molar-refractivity contribution in [1.82, 2.24) is 19.8 Å². The highest BCUT2D eigenvalue weighted by Crippen LogP contribution is 2.21. The van der Waals surface area contributed by atoms with Crippen LogP contribution in [0.2, 0.25) is 0 Å². The molecule has 0 bridgehead atoms. The summed E-state index contributed by atoms with van der Waals surface area (Å²) in [7, 11) is 1.58. The SMILES string of the molecule is COc1ccnc(N2CCN(C(=O)C3CCN(C(C)=O)CC3)CC2)n1. The van der Waals surface area contributed by atoms with E-state index in [2.05, 4.69) is 14.9 Å². The summed E-state index contributed by atoms with van der Waals surface area (Å²) in [4.78, 5) is 38.6. The molecule has 0 aliphatic carbocycles. The second kappa shape index (κ2) is 7.67. The van der Waals surface area contributed by atoms with Crippen LogP contribution in [0.1, 0.15) is 19.8 Å². The monoisotopic (exact) mass is 347 g/mol. The van der Waals surface area contributed by atoms with Crippen molar-refractivity contribution in [2.45, 2.75) is 19.8 Å². The number of carbonyl (C=O) groups is 2. The summed E-state index contributed by atoms with van der Waals surface area (Å²) in [5.41, 5.74) is 0. The van der Waals surface area contributed by atoms with Gasteiger partial charge in [-0.1, -0.05) is 0 Å². The first-order chi connectivity index (χ1) is 12.1. The first-order valence-corrected chi connectivity index (χ1v) is 8.75. The molecule has 2 aliphatic heterocycles. The summed E-state index contributed by atoms with van der Waals surface area (Å²) in [5.74, 6) is 1.53. The van der Waals surface area contributed by atoms with Gasteiger partial charge in [-0.3, -0.25) is 9.59 Å².